The summed E-state index contributed by atoms with van der Waals surface area (Å²) in [6.45, 7) is 1.92. The summed E-state index contributed by atoms with van der Waals surface area (Å²) < 4.78 is 13.4. The second kappa shape index (κ2) is 4.72. The Balaban J connectivity index is 2.17. The van der Waals surface area contributed by atoms with E-state index in [0.717, 1.165) is 10.6 Å². The van der Waals surface area contributed by atoms with Gasteiger partial charge in [0.2, 0.25) is 0 Å². The molecule has 1 unspecified atom stereocenters. The Labute approximate surface area is 97.9 Å². The van der Waals surface area contributed by atoms with E-state index < -0.39 is 0 Å². The Bertz CT molecular complexity index is 481. The lowest BCUT2D eigenvalue weighted by molar-refractivity contribution is 0.594. The highest BCUT2D eigenvalue weighted by Gasteiger charge is 2.13. The molecule has 2 rings (SSSR count). The summed E-state index contributed by atoms with van der Waals surface area (Å²) in [5.41, 5.74) is 9.41. The molecule has 1 heterocycles. The Morgan fingerprint density at radius 3 is 2.81 bits per heavy atom. The predicted molar refractivity (Wildman–Crippen MR) is 63.9 cm³/mol. The lowest BCUT2D eigenvalue weighted by Crippen LogP contribution is -2.13. The van der Waals surface area contributed by atoms with Crippen molar-refractivity contribution in [2.24, 2.45) is 5.73 Å². The lowest BCUT2D eigenvalue weighted by atomic mass is 10.0. The van der Waals surface area contributed by atoms with Crippen molar-refractivity contribution in [3.63, 3.8) is 0 Å². The molecule has 0 fully saturated rings. The van der Waals surface area contributed by atoms with Gasteiger partial charge in [0.15, 0.2) is 0 Å². The van der Waals surface area contributed by atoms with Crippen LogP contribution in [0.15, 0.2) is 29.8 Å². The maximum absolute atomic E-state index is 13.4. The number of hydrogen-bond donors (Lipinski definition) is 1. The third-order valence-electron chi connectivity index (χ3n) is 2.52. The van der Waals surface area contributed by atoms with E-state index >= 15 is 0 Å². The Hall–Kier alpha value is -1.26. The summed E-state index contributed by atoms with van der Waals surface area (Å²) in [6.07, 6.45) is 0.510. The summed E-state index contributed by atoms with van der Waals surface area (Å²) in [5, 5.41) is 0. The second-order valence-electron chi connectivity index (χ2n) is 3.70. The average Bonchev–Trinajstić information content (AvgIpc) is 2.68. The number of halogens is 1. The molecule has 0 aliphatic carbocycles. The van der Waals surface area contributed by atoms with E-state index in [1.165, 1.54) is 17.4 Å². The van der Waals surface area contributed by atoms with Crippen molar-refractivity contribution in [1.29, 1.82) is 0 Å². The third kappa shape index (κ3) is 2.28. The molecule has 2 nitrogen and oxygen atoms in total. The van der Waals surface area contributed by atoms with E-state index in [1.807, 2.05) is 13.0 Å². The first-order chi connectivity index (χ1) is 7.68. The molecular formula is C12H13FN2S. The predicted octanol–water partition coefficient (Wildman–Crippen LogP) is 2.83. The first kappa shape index (κ1) is 11.2. The minimum Gasteiger partial charge on any atom is -0.323 e. The van der Waals surface area contributed by atoms with Gasteiger partial charge in [-0.15, -0.1) is 11.3 Å². The van der Waals surface area contributed by atoms with E-state index in [1.54, 1.807) is 17.6 Å². The molecular weight excluding hydrogens is 223 g/mol. The second-order valence-corrected chi connectivity index (χ2v) is 4.59. The molecule has 0 amide bonds. The molecule has 1 aromatic heterocycles. The SMILES string of the molecule is Cc1ncsc1C(N)Cc1ccccc1F. The minimum atomic E-state index is -0.194. The van der Waals surface area contributed by atoms with Crippen molar-refractivity contribution in [3.8, 4) is 0 Å². The Morgan fingerprint density at radius 2 is 2.19 bits per heavy atom. The number of aromatic nitrogens is 1. The van der Waals surface area contributed by atoms with Crippen LogP contribution in [0.3, 0.4) is 0 Å². The summed E-state index contributed by atoms with van der Waals surface area (Å²) in [5.74, 6) is -0.194. The fourth-order valence-corrected chi connectivity index (χ4v) is 2.47. The topological polar surface area (TPSA) is 38.9 Å². The van der Waals surface area contributed by atoms with E-state index in [-0.39, 0.29) is 11.9 Å². The quantitative estimate of drug-likeness (QED) is 0.890. The third-order valence-corrected chi connectivity index (χ3v) is 3.58. The van der Waals surface area contributed by atoms with Crippen molar-refractivity contribution < 1.29 is 4.39 Å². The molecule has 0 aliphatic heterocycles. The number of rotatable bonds is 3. The highest BCUT2D eigenvalue weighted by Crippen LogP contribution is 2.23. The van der Waals surface area contributed by atoms with Crippen LogP contribution in [0.4, 0.5) is 4.39 Å². The molecule has 0 saturated carbocycles. The Kier molecular flexibility index (Phi) is 3.31. The highest BCUT2D eigenvalue weighted by atomic mass is 32.1. The summed E-state index contributed by atoms with van der Waals surface area (Å²) in [4.78, 5) is 5.18. The van der Waals surface area contributed by atoms with Crippen LogP contribution in [0.2, 0.25) is 0 Å². The summed E-state index contributed by atoms with van der Waals surface area (Å²) >= 11 is 1.52. The van der Waals surface area contributed by atoms with E-state index in [0.29, 0.717) is 12.0 Å². The molecule has 0 bridgehead atoms. The lowest BCUT2D eigenvalue weighted by Gasteiger charge is -2.10. The van der Waals surface area contributed by atoms with Gasteiger partial charge in [-0.3, -0.25) is 0 Å². The molecule has 16 heavy (non-hydrogen) atoms. The van der Waals surface area contributed by atoms with Gasteiger partial charge in [0.05, 0.1) is 11.2 Å². The first-order valence-corrected chi connectivity index (χ1v) is 5.95. The summed E-state index contributed by atoms with van der Waals surface area (Å²) in [6, 6.07) is 6.56. The van der Waals surface area contributed by atoms with Crippen LogP contribution in [0.5, 0.6) is 0 Å². The summed E-state index contributed by atoms with van der Waals surface area (Å²) in [7, 11) is 0. The molecule has 0 aliphatic rings. The minimum absolute atomic E-state index is 0.176. The number of benzene rings is 1. The monoisotopic (exact) mass is 236 g/mol. The zero-order valence-corrected chi connectivity index (χ0v) is 9.80. The van der Waals surface area contributed by atoms with Gasteiger partial charge in [0.25, 0.3) is 0 Å². The maximum Gasteiger partial charge on any atom is 0.126 e. The zero-order chi connectivity index (χ0) is 11.5. The van der Waals surface area contributed by atoms with E-state index in [9.17, 15) is 4.39 Å². The van der Waals surface area contributed by atoms with Crippen molar-refractivity contribution in [3.05, 3.63) is 51.7 Å². The van der Waals surface area contributed by atoms with E-state index in [4.69, 9.17) is 5.73 Å². The van der Waals surface area contributed by atoms with Crippen LogP contribution in [0.1, 0.15) is 22.2 Å². The van der Waals surface area contributed by atoms with Gasteiger partial charge in [-0.25, -0.2) is 9.37 Å². The van der Waals surface area contributed by atoms with Gasteiger partial charge in [-0.1, -0.05) is 18.2 Å². The van der Waals surface area contributed by atoms with Crippen LogP contribution in [-0.2, 0) is 6.42 Å². The van der Waals surface area contributed by atoms with Gasteiger partial charge in [-0.05, 0) is 25.0 Å². The van der Waals surface area contributed by atoms with Crippen molar-refractivity contribution >= 4 is 11.3 Å². The molecule has 4 heteroatoms. The number of nitrogens with zero attached hydrogens (tertiary/aromatic N) is 1. The number of aryl methyl sites for hydroxylation is 1. The standard InChI is InChI=1S/C12H13FN2S/c1-8-12(16-7-15-8)11(14)6-9-4-2-3-5-10(9)13/h2-5,7,11H,6,14H2,1H3. The Morgan fingerprint density at radius 1 is 1.44 bits per heavy atom. The molecule has 84 valence electrons. The molecule has 1 atom stereocenters. The normalized spacial score (nSPS) is 12.7. The van der Waals surface area contributed by atoms with Gasteiger partial charge in [-0.2, -0.15) is 0 Å². The largest absolute Gasteiger partial charge is 0.323 e. The van der Waals surface area contributed by atoms with Gasteiger partial charge < -0.3 is 5.73 Å². The number of hydrogen-bond acceptors (Lipinski definition) is 3. The molecule has 0 spiro atoms. The number of thiazole rings is 1. The molecule has 0 saturated heterocycles. The van der Waals surface area contributed by atoms with Crippen molar-refractivity contribution in [2.75, 3.05) is 0 Å². The van der Waals surface area contributed by atoms with Crippen LogP contribution in [-0.4, -0.2) is 4.98 Å². The number of nitrogens with two attached hydrogens (primary N) is 1. The maximum atomic E-state index is 13.4. The molecule has 2 aromatic rings. The highest BCUT2D eigenvalue weighted by molar-refractivity contribution is 7.09. The van der Waals surface area contributed by atoms with Crippen LogP contribution in [0, 0.1) is 12.7 Å². The smallest absolute Gasteiger partial charge is 0.126 e. The van der Waals surface area contributed by atoms with Crippen molar-refractivity contribution in [2.45, 2.75) is 19.4 Å². The van der Waals surface area contributed by atoms with Crippen LogP contribution >= 0.6 is 11.3 Å². The molecule has 2 N–H and O–H groups in total. The van der Waals surface area contributed by atoms with Gasteiger partial charge in [0, 0.05) is 10.9 Å². The zero-order valence-electron chi connectivity index (χ0n) is 8.98. The van der Waals surface area contributed by atoms with Gasteiger partial charge >= 0.3 is 0 Å². The molecule has 0 radical (unpaired) electrons. The first-order valence-electron chi connectivity index (χ1n) is 5.07. The fraction of sp³-hybridized carbons (Fsp3) is 0.250. The van der Waals surface area contributed by atoms with Crippen molar-refractivity contribution in [1.82, 2.24) is 4.98 Å². The fourth-order valence-electron chi connectivity index (χ4n) is 1.66. The van der Waals surface area contributed by atoms with Crippen LogP contribution in [0.25, 0.3) is 0 Å². The van der Waals surface area contributed by atoms with Gasteiger partial charge in [0.1, 0.15) is 5.82 Å². The molecule has 1 aromatic carbocycles. The van der Waals surface area contributed by atoms with E-state index in [2.05, 4.69) is 4.98 Å². The van der Waals surface area contributed by atoms with Crippen LogP contribution < -0.4 is 5.73 Å². The average molecular weight is 236 g/mol.